The van der Waals surface area contributed by atoms with E-state index in [4.69, 9.17) is 0 Å². The van der Waals surface area contributed by atoms with Crippen LogP contribution >= 0.6 is 11.6 Å². The Morgan fingerprint density at radius 2 is 1.72 bits per heavy atom. The first-order valence-electron chi connectivity index (χ1n) is 11.7. The molecule has 0 radical (unpaired) electrons. The van der Waals surface area contributed by atoms with E-state index in [1.54, 1.807) is 5.57 Å². The molecule has 2 aliphatic rings. The first-order valence-corrected chi connectivity index (χ1v) is 13.0. The maximum atomic E-state index is 4.03. The standard InChI is InChI=1S/C9H9BS.C9H21N.C6H10.C2H6/c1-7-8-5-3-4-6-9(8)10(7)11-2;1-3-5-6-7-9-10-8-4-2;1-5-3-4-6(5)2;1-2/h3-6H,1H2,2H3;10H,3-9H2,1-2H3;3,6H,4H2,1-2H3;1-2H3. The molecule has 1 heterocycles. The zero-order valence-corrected chi connectivity index (χ0v) is 21.1. The third-order valence-corrected chi connectivity index (χ3v) is 6.36. The van der Waals surface area contributed by atoms with Gasteiger partial charge in [0.2, 0.25) is 0 Å². The highest BCUT2D eigenvalue weighted by atomic mass is 32.2. The van der Waals surface area contributed by atoms with Crippen molar-refractivity contribution < 1.29 is 0 Å². The van der Waals surface area contributed by atoms with Crippen LogP contribution in [0.3, 0.4) is 0 Å². The molecule has 164 valence electrons. The monoisotopic (exact) mass is 415 g/mol. The lowest BCUT2D eigenvalue weighted by Gasteiger charge is -2.28. The molecule has 3 rings (SSSR count). The van der Waals surface area contributed by atoms with Crippen LogP contribution in [0.5, 0.6) is 0 Å². The quantitative estimate of drug-likeness (QED) is 0.270. The summed E-state index contributed by atoms with van der Waals surface area (Å²) >= 11 is 1.86. The second-order valence-electron chi connectivity index (χ2n) is 7.62. The van der Waals surface area contributed by atoms with E-state index >= 15 is 0 Å². The Kier molecular flexibility index (Phi) is 17.3. The fourth-order valence-corrected chi connectivity index (χ4v) is 3.98. The molecule has 0 fully saturated rings. The lowest BCUT2D eigenvalue weighted by molar-refractivity contribution is 0.594. The second-order valence-corrected chi connectivity index (χ2v) is 8.57. The van der Waals surface area contributed by atoms with Crippen molar-refractivity contribution in [3.63, 3.8) is 0 Å². The van der Waals surface area contributed by atoms with E-state index in [2.05, 4.69) is 76.2 Å². The van der Waals surface area contributed by atoms with Crippen molar-refractivity contribution in [3.8, 4) is 0 Å². The van der Waals surface area contributed by atoms with E-state index in [1.807, 2.05) is 25.5 Å². The summed E-state index contributed by atoms with van der Waals surface area (Å²) in [6, 6.07) is 8.49. The van der Waals surface area contributed by atoms with Gasteiger partial charge in [0, 0.05) is 0 Å². The SMILES string of the molecule is C=C1B(SC)c2ccccc21.CC.CC1=CCC1C.CCCCCCNCCC. The molecule has 1 aliphatic heterocycles. The Balaban J connectivity index is 0.000000403. The van der Waals surface area contributed by atoms with Crippen molar-refractivity contribution >= 4 is 28.5 Å². The summed E-state index contributed by atoms with van der Waals surface area (Å²) in [5.41, 5.74) is 5.65. The van der Waals surface area contributed by atoms with Crippen molar-refractivity contribution in [2.24, 2.45) is 5.92 Å². The summed E-state index contributed by atoms with van der Waals surface area (Å²) in [4.78, 5) is 0. The van der Waals surface area contributed by atoms with Crippen molar-refractivity contribution in [1.29, 1.82) is 0 Å². The van der Waals surface area contributed by atoms with Gasteiger partial charge in [-0.2, -0.15) is 0 Å². The zero-order chi connectivity index (χ0) is 22.1. The van der Waals surface area contributed by atoms with Crippen LogP contribution in [0.2, 0.25) is 0 Å². The highest BCUT2D eigenvalue weighted by Gasteiger charge is 2.32. The van der Waals surface area contributed by atoms with Crippen LogP contribution in [0, 0.1) is 5.92 Å². The number of unbranched alkanes of at least 4 members (excludes halogenated alkanes) is 3. The van der Waals surface area contributed by atoms with Crippen LogP contribution in [-0.4, -0.2) is 25.3 Å². The molecule has 1 unspecified atom stereocenters. The van der Waals surface area contributed by atoms with E-state index in [1.165, 1.54) is 68.1 Å². The Morgan fingerprint density at radius 3 is 2.21 bits per heavy atom. The van der Waals surface area contributed by atoms with Gasteiger partial charge in [-0.05, 0) is 57.0 Å². The van der Waals surface area contributed by atoms with Gasteiger partial charge in [-0.3, -0.25) is 0 Å². The molecule has 0 bridgehead atoms. The zero-order valence-electron chi connectivity index (χ0n) is 20.3. The topological polar surface area (TPSA) is 12.0 Å². The smallest absolute Gasteiger partial charge is 0.274 e. The average molecular weight is 416 g/mol. The first kappa shape index (κ1) is 28.1. The summed E-state index contributed by atoms with van der Waals surface area (Å²) in [6.07, 6.45) is 12.5. The molecular formula is C26H46BNS. The molecule has 1 aromatic carbocycles. The third-order valence-electron chi connectivity index (χ3n) is 5.35. The van der Waals surface area contributed by atoms with Gasteiger partial charge in [-0.25, -0.2) is 11.6 Å². The van der Waals surface area contributed by atoms with Crippen molar-refractivity contribution in [2.45, 2.75) is 80.1 Å². The summed E-state index contributed by atoms with van der Waals surface area (Å²) in [5, 5.41) is 3.39. The fraction of sp³-hybridized carbons (Fsp3) is 0.615. The van der Waals surface area contributed by atoms with Gasteiger partial charge >= 0.3 is 0 Å². The van der Waals surface area contributed by atoms with E-state index in [0.717, 1.165) is 5.92 Å². The fourth-order valence-electron chi connectivity index (χ4n) is 3.11. The molecule has 0 saturated carbocycles. The number of fused-ring (bicyclic) bond motifs is 1. The van der Waals surface area contributed by atoms with E-state index in [0.29, 0.717) is 5.99 Å². The number of hydrogen-bond donors (Lipinski definition) is 1. The van der Waals surface area contributed by atoms with Gasteiger partial charge in [0.1, 0.15) is 0 Å². The summed E-state index contributed by atoms with van der Waals surface area (Å²) in [7, 11) is 0. The van der Waals surface area contributed by atoms with Crippen LogP contribution in [0.1, 0.15) is 85.6 Å². The minimum Gasteiger partial charge on any atom is -0.317 e. The molecule has 1 aliphatic carbocycles. The minimum absolute atomic E-state index is 0.561. The summed E-state index contributed by atoms with van der Waals surface area (Å²) in [5.74, 6) is 1.45. The van der Waals surface area contributed by atoms with Crippen LogP contribution in [0.25, 0.3) is 5.47 Å². The van der Waals surface area contributed by atoms with Gasteiger partial charge in [0.25, 0.3) is 5.99 Å². The summed E-state index contributed by atoms with van der Waals surface area (Å²) in [6.45, 7) is 19.3. The molecule has 1 nitrogen and oxygen atoms in total. The Morgan fingerprint density at radius 1 is 1.07 bits per heavy atom. The minimum atomic E-state index is 0.561. The van der Waals surface area contributed by atoms with E-state index < -0.39 is 0 Å². The number of nitrogens with one attached hydrogen (secondary N) is 1. The molecule has 0 aromatic heterocycles. The molecule has 0 spiro atoms. The van der Waals surface area contributed by atoms with Crippen LogP contribution in [0.4, 0.5) is 0 Å². The molecule has 29 heavy (non-hydrogen) atoms. The van der Waals surface area contributed by atoms with Gasteiger partial charge in [0.15, 0.2) is 0 Å². The van der Waals surface area contributed by atoms with Crippen LogP contribution in [-0.2, 0) is 0 Å². The van der Waals surface area contributed by atoms with Gasteiger partial charge in [-0.1, -0.05) is 101 Å². The summed E-state index contributed by atoms with van der Waals surface area (Å²) < 4.78 is 0. The van der Waals surface area contributed by atoms with Crippen LogP contribution < -0.4 is 10.8 Å². The van der Waals surface area contributed by atoms with Crippen molar-refractivity contribution in [1.82, 2.24) is 5.32 Å². The molecule has 3 heteroatoms. The molecule has 1 atom stereocenters. The predicted octanol–water partition coefficient (Wildman–Crippen LogP) is 7.38. The van der Waals surface area contributed by atoms with E-state index in [9.17, 15) is 0 Å². The third kappa shape index (κ3) is 10.6. The predicted molar refractivity (Wildman–Crippen MR) is 141 cm³/mol. The van der Waals surface area contributed by atoms with Crippen molar-refractivity contribution in [3.05, 3.63) is 48.1 Å². The molecule has 1 aromatic rings. The lowest BCUT2D eigenvalue weighted by atomic mass is 9.47. The van der Waals surface area contributed by atoms with Gasteiger partial charge in [0.05, 0.1) is 0 Å². The Labute approximate surface area is 187 Å². The number of allylic oxidation sites excluding steroid dienone is 2. The Bertz CT molecular complexity index is 574. The Hall–Kier alpha value is -0.925. The second kappa shape index (κ2) is 17.9. The maximum absolute atomic E-state index is 4.03. The van der Waals surface area contributed by atoms with Crippen LogP contribution in [0.15, 0.2) is 42.5 Å². The molecule has 0 saturated heterocycles. The molecular weight excluding hydrogens is 369 g/mol. The first-order chi connectivity index (χ1) is 14.1. The number of rotatable bonds is 8. The number of benzene rings is 1. The highest BCUT2D eigenvalue weighted by Crippen LogP contribution is 2.29. The largest absolute Gasteiger partial charge is 0.317 e. The van der Waals surface area contributed by atoms with Gasteiger partial charge < -0.3 is 5.32 Å². The maximum Gasteiger partial charge on any atom is 0.274 e. The molecule has 1 N–H and O–H groups in total. The molecule has 0 amide bonds. The average Bonchev–Trinajstić information content (AvgIpc) is 2.77. The van der Waals surface area contributed by atoms with Crippen molar-refractivity contribution in [2.75, 3.05) is 19.3 Å². The van der Waals surface area contributed by atoms with E-state index in [-0.39, 0.29) is 0 Å². The number of hydrogen-bond acceptors (Lipinski definition) is 2. The van der Waals surface area contributed by atoms with Gasteiger partial charge in [-0.15, -0.1) is 6.58 Å². The lowest BCUT2D eigenvalue weighted by Crippen LogP contribution is -2.41. The normalized spacial score (nSPS) is 15.7. The highest BCUT2D eigenvalue weighted by molar-refractivity contribution is 8.28.